The van der Waals surface area contributed by atoms with Crippen LogP contribution >= 0.6 is 0 Å². The topological polar surface area (TPSA) is 18.5 Å². The lowest BCUT2D eigenvalue weighted by molar-refractivity contribution is 0.290. The lowest BCUT2D eigenvalue weighted by Gasteiger charge is -2.11. The molecule has 0 aliphatic rings. The van der Waals surface area contributed by atoms with Gasteiger partial charge in [0.25, 0.3) is 0 Å². The van der Waals surface area contributed by atoms with Crippen molar-refractivity contribution in [3.05, 3.63) is 83.2 Å². The van der Waals surface area contributed by atoms with Crippen LogP contribution in [0.4, 0.5) is 13.2 Å². The number of hydrogen-bond acceptors (Lipinski definition) is 2. The molecule has 0 saturated carbocycles. The predicted octanol–water partition coefficient (Wildman–Crippen LogP) is 6.31. The van der Waals surface area contributed by atoms with Gasteiger partial charge >= 0.3 is 0 Å². The highest BCUT2D eigenvalue weighted by Crippen LogP contribution is 2.30. The third kappa shape index (κ3) is 4.30. The van der Waals surface area contributed by atoms with Crippen LogP contribution in [0.2, 0.25) is 0 Å². The summed E-state index contributed by atoms with van der Waals surface area (Å²) in [5.41, 5.74) is 2.37. The van der Waals surface area contributed by atoms with E-state index in [9.17, 15) is 13.2 Å². The molecule has 0 aromatic heterocycles. The number of benzene rings is 3. The minimum atomic E-state index is -1.00. The van der Waals surface area contributed by atoms with Crippen LogP contribution in [0.1, 0.15) is 25.0 Å². The smallest absolute Gasteiger partial charge is 0.201 e. The maximum absolute atomic E-state index is 14.3. The average Bonchev–Trinajstić information content (AvgIpc) is 2.71. The van der Waals surface area contributed by atoms with Gasteiger partial charge < -0.3 is 9.47 Å². The van der Waals surface area contributed by atoms with Gasteiger partial charge in [0, 0.05) is 5.56 Å². The first-order valence-electron chi connectivity index (χ1n) is 9.14. The molecule has 0 bridgehead atoms. The summed E-state index contributed by atoms with van der Waals surface area (Å²) in [6.07, 6.45) is 0.751. The Kier molecular flexibility index (Phi) is 6.24. The molecule has 0 amide bonds. The van der Waals surface area contributed by atoms with Gasteiger partial charge in [0.1, 0.15) is 6.61 Å². The van der Waals surface area contributed by atoms with Crippen molar-refractivity contribution in [1.29, 1.82) is 0 Å². The molecule has 0 saturated heterocycles. The van der Waals surface area contributed by atoms with Crippen molar-refractivity contribution < 1.29 is 22.6 Å². The Morgan fingerprint density at radius 1 is 0.714 bits per heavy atom. The zero-order chi connectivity index (χ0) is 20.1. The first kappa shape index (κ1) is 19.8. The molecule has 0 heterocycles. The summed E-state index contributed by atoms with van der Waals surface area (Å²) in [7, 11) is 0. The van der Waals surface area contributed by atoms with E-state index in [1.165, 1.54) is 18.2 Å². The molecule has 0 N–H and O–H groups in total. The minimum absolute atomic E-state index is 0.107. The van der Waals surface area contributed by atoms with Crippen LogP contribution in [0.5, 0.6) is 11.5 Å². The number of aryl methyl sites for hydroxylation is 1. The highest BCUT2D eigenvalue weighted by atomic mass is 19.2. The van der Waals surface area contributed by atoms with Gasteiger partial charge in [0.2, 0.25) is 5.82 Å². The molecule has 3 rings (SSSR count). The highest BCUT2D eigenvalue weighted by Gasteiger charge is 2.15. The van der Waals surface area contributed by atoms with Crippen LogP contribution < -0.4 is 9.47 Å². The van der Waals surface area contributed by atoms with Crippen LogP contribution in [-0.4, -0.2) is 6.61 Å². The average molecular weight is 386 g/mol. The summed E-state index contributed by atoms with van der Waals surface area (Å²) in [6, 6.07) is 14.6. The van der Waals surface area contributed by atoms with E-state index >= 15 is 0 Å². The van der Waals surface area contributed by atoms with Gasteiger partial charge in [-0.2, -0.15) is 4.39 Å². The molecule has 0 fully saturated rings. The summed E-state index contributed by atoms with van der Waals surface area (Å²) >= 11 is 0. The Bertz CT molecular complexity index is 953. The molecular formula is C23H21F3O2. The minimum Gasteiger partial charge on any atom is -0.491 e. The number of ether oxygens (including phenoxy) is 2. The van der Waals surface area contributed by atoms with E-state index in [1.54, 1.807) is 37.3 Å². The van der Waals surface area contributed by atoms with Crippen LogP contribution in [0.15, 0.2) is 54.6 Å². The number of rotatable bonds is 7. The van der Waals surface area contributed by atoms with Gasteiger partial charge in [0.15, 0.2) is 23.1 Å². The van der Waals surface area contributed by atoms with Gasteiger partial charge in [-0.05, 0) is 54.3 Å². The highest BCUT2D eigenvalue weighted by molar-refractivity contribution is 5.65. The molecular weight excluding hydrogens is 365 g/mol. The Labute approximate surface area is 162 Å². The van der Waals surface area contributed by atoms with Gasteiger partial charge in [-0.1, -0.05) is 37.3 Å². The zero-order valence-corrected chi connectivity index (χ0v) is 15.8. The summed E-state index contributed by atoms with van der Waals surface area (Å²) in [5, 5.41) is 0. The number of halogens is 3. The molecule has 146 valence electrons. The molecule has 3 aromatic carbocycles. The largest absolute Gasteiger partial charge is 0.491 e. The molecule has 0 aliphatic carbocycles. The standard InChI is InChI=1S/C23H21F3O2/c1-3-15-7-11-20(19(24)13-15)28-14-16-5-8-17(9-6-16)18-10-12-21(27-4-2)23(26)22(18)25/h5-13H,3-4,14H2,1-2H3. The fraction of sp³-hybridized carbons (Fsp3) is 0.217. The van der Waals surface area contributed by atoms with Crippen molar-refractivity contribution in [2.24, 2.45) is 0 Å². The fourth-order valence-corrected chi connectivity index (χ4v) is 2.84. The molecule has 28 heavy (non-hydrogen) atoms. The van der Waals surface area contributed by atoms with Gasteiger partial charge in [0.05, 0.1) is 6.61 Å². The third-order valence-electron chi connectivity index (χ3n) is 4.41. The Morgan fingerprint density at radius 3 is 2.04 bits per heavy atom. The van der Waals surface area contributed by atoms with Crippen molar-refractivity contribution in [1.82, 2.24) is 0 Å². The third-order valence-corrected chi connectivity index (χ3v) is 4.41. The van der Waals surface area contributed by atoms with Gasteiger partial charge in [-0.3, -0.25) is 0 Å². The Morgan fingerprint density at radius 2 is 1.39 bits per heavy atom. The van der Waals surface area contributed by atoms with Crippen molar-refractivity contribution in [2.45, 2.75) is 26.9 Å². The van der Waals surface area contributed by atoms with E-state index in [0.717, 1.165) is 17.5 Å². The molecule has 0 aliphatic heterocycles. The molecule has 3 aromatic rings. The summed E-state index contributed by atoms with van der Waals surface area (Å²) < 4.78 is 53.0. The lowest BCUT2D eigenvalue weighted by Crippen LogP contribution is -1.99. The predicted molar refractivity (Wildman–Crippen MR) is 103 cm³/mol. The summed E-state index contributed by atoms with van der Waals surface area (Å²) in [5.74, 6) is -2.28. The van der Waals surface area contributed by atoms with E-state index in [4.69, 9.17) is 9.47 Å². The lowest BCUT2D eigenvalue weighted by atomic mass is 10.0. The molecule has 2 nitrogen and oxygen atoms in total. The van der Waals surface area contributed by atoms with Gasteiger partial charge in [-0.25, -0.2) is 8.78 Å². The molecule has 0 radical (unpaired) electrons. The first-order valence-corrected chi connectivity index (χ1v) is 9.14. The Balaban J connectivity index is 1.73. The van der Waals surface area contributed by atoms with Crippen molar-refractivity contribution in [3.8, 4) is 22.6 Å². The van der Waals surface area contributed by atoms with Crippen LogP contribution in [0.25, 0.3) is 11.1 Å². The second kappa shape index (κ2) is 8.83. The Hall–Kier alpha value is -2.95. The van der Waals surface area contributed by atoms with E-state index in [-0.39, 0.29) is 30.3 Å². The molecule has 0 atom stereocenters. The fourth-order valence-electron chi connectivity index (χ4n) is 2.84. The monoisotopic (exact) mass is 386 g/mol. The second-order valence-electron chi connectivity index (χ2n) is 6.28. The molecule has 0 unspecified atom stereocenters. The van der Waals surface area contributed by atoms with E-state index in [2.05, 4.69) is 0 Å². The van der Waals surface area contributed by atoms with Gasteiger partial charge in [-0.15, -0.1) is 0 Å². The SMILES string of the molecule is CCOc1ccc(-c2ccc(COc3ccc(CC)cc3F)cc2)c(F)c1F. The van der Waals surface area contributed by atoms with Crippen molar-refractivity contribution in [2.75, 3.05) is 6.61 Å². The molecule has 0 spiro atoms. The first-order chi connectivity index (χ1) is 13.5. The maximum atomic E-state index is 14.3. The second-order valence-corrected chi connectivity index (χ2v) is 6.28. The quantitative estimate of drug-likeness (QED) is 0.474. The van der Waals surface area contributed by atoms with Crippen LogP contribution in [0.3, 0.4) is 0 Å². The number of hydrogen-bond donors (Lipinski definition) is 0. The van der Waals surface area contributed by atoms with E-state index in [0.29, 0.717) is 5.56 Å². The van der Waals surface area contributed by atoms with Crippen LogP contribution in [0, 0.1) is 17.5 Å². The summed E-state index contributed by atoms with van der Waals surface area (Å²) in [4.78, 5) is 0. The molecule has 5 heteroatoms. The van der Waals surface area contributed by atoms with E-state index in [1.807, 2.05) is 13.0 Å². The van der Waals surface area contributed by atoms with E-state index < -0.39 is 17.5 Å². The normalized spacial score (nSPS) is 10.8. The van der Waals surface area contributed by atoms with Crippen molar-refractivity contribution >= 4 is 0 Å². The summed E-state index contributed by atoms with van der Waals surface area (Å²) in [6.45, 7) is 4.08. The van der Waals surface area contributed by atoms with Crippen molar-refractivity contribution in [3.63, 3.8) is 0 Å². The zero-order valence-electron chi connectivity index (χ0n) is 15.8. The maximum Gasteiger partial charge on any atom is 0.201 e. The van der Waals surface area contributed by atoms with Crippen LogP contribution in [-0.2, 0) is 13.0 Å².